The molecule has 2 unspecified atom stereocenters. The minimum Gasteiger partial charge on any atom is -0.444 e. The van der Waals surface area contributed by atoms with Gasteiger partial charge < -0.3 is 36.1 Å². The highest BCUT2D eigenvalue weighted by atomic mass is 35.5. The number of rotatable bonds is 17. The summed E-state index contributed by atoms with van der Waals surface area (Å²) in [6.07, 6.45) is 7.69. The smallest absolute Gasteiger partial charge is 0.408 e. The summed E-state index contributed by atoms with van der Waals surface area (Å²) in [7, 11) is 1.56. The Morgan fingerprint density at radius 3 is 2.21 bits per heavy atom. The number of aliphatic hydroxyl groups excluding tert-OH is 1. The van der Waals surface area contributed by atoms with Gasteiger partial charge in [-0.25, -0.2) is 9.78 Å². The third kappa shape index (κ3) is 14.2. The zero-order valence-corrected chi connectivity index (χ0v) is 32.0. The van der Waals surface area contributed by atoms with Gasteiger partial charge in [0.25, 0.3) is 0 Å². The number of hydrogen-bond donors (Lipinski definition) is 6. The van der Waals surface area contributed by atoms with Gasteiger partial charge in [-0.05, 0) is 69.2 Å². The molecule has 0 aliphatic heterocycles. The summed E-state index contributed by atoms with van der Waals surface area (Å²) >= 11 is 6.23. The summed E-state index contributed by atoms with van der Waals surface area (Å²) in [5.74, 6) is -1.61. The lowest BCUT2D eigenvalue weighted by molar-refractivity contribution is -0.131. The first-order valence-corrected chi connectivity index (χ1v) is 18.9. The molecule has 1 saturated carbocycles. The van der Waals surface area contributed by atoms with E-state index in [9.17, 15) is 24.3 Å². The molecule has 0 spiro atoms. The fraction of sp³-hybridized carbons (Fsp3) is 0.525. The number of H-pyrrole nitrogens is 1. The Bertz CT molecular complexity index is 1610. The van der Waals surface area contributed by atoms with Crippen LogP contribution in [0.5, 0.6) is 0 Å². The van der Waals surface area contributed by atoms with E-state index in [2.05, 4.69) is 31.2 Å². The Morgan fingerprint density at radius 2 is 1.57 bits per heavy atom. The van der Waals surface area contributed by atoms with Gasteiger partial charge in [0.2, 0.25) is 17.7 Å². The van der Waals surface area contributed by atoms with Crippen LogP contribution in [0.15, 0.2) is 67.1 Å². The summed E-state index contributed by atoms with van der Waals surface area (Å²) in [6.45, 7) is 5.20. The van der Waals surface area contributed by atoms with Crippen molar-refractivity contribution in [2.24, 2.45) is 11.8 Å². The molecule has 1 aliphatic rings. The van der Waals surface area contributed by atoms with E-state index in [0.717, 1.165) is 43.2 Å². The van der Waals surface area contributed by atoms with Crippen molar-refractivity contribution in [2.45, 2.75) is 115 Å². The second-order valence-corrected chi connectivity index (χ2v) is 15.5. The summed E-state index contributed by atoms with van der Waals surface area (Å²) in [5, 5.41) is 23.7. The van der Waals surface area contributed by atoms with Crippen LogP contribution < -0.4 is 21.3 Å². The van der Waals surface area contributed by atoms with E-state index in [-0.39, 0.29) is 31.1 Å². The van der Waals surface area contributed by atoms with E-state index in [1.165, 1.54) is 6.33 Å². The first-order valence-electron chi connectivity index (χ1n) is 18.5. The lowest BCUT2D eigenvalue weighted by atomic mass is 9.81. The number of ether oxygens (including phenoxy) is 1. The molecule has 1 fully saturated rings. The third-order valence-electron chi connectivity index (χ3n) is 9.52. The zero-order valence-electron chi connectivity index (χ0n) is 31.2. The van der Waals surface area contributed by atoms with Crippen LogP contribution in [0.1, 0.15) is 82.5 Å². The summed E-state index contributed by atoms with van der Waals surface area (Å²) in [4.78, 5) is 61.3. The molecule has 288 valence electrons. The van der Waals surface area contributed by atoms with E-state index in [4.69, 9.17) is 16.3 Å². The molecule has 6 N–H and O–H groups in total. The Balaban J connectivity index is 1.57. The van der Waals surface area contributed by atoms with E-state index < -0.39 is 53.7 Å². The second-order valence-electron chi connectivity index (χ2n) is 15.0. The molecule has 53 heavy (non-hydrogen) atoms. The van der Waals surface area contributed by atoms with Crippen molar-refractivity contribution >= 4 is 35.4 Å². The summed E-state index contributed by atoms with van der Waals surface area (Å²) in [6, 6.07) is 13.7. The fourth-order valence-electron chi connectivity index (χ4n) is 6.88. The number of imidazole rings is 1. The second kappa shape index (κ2) is 20.1. The topological polar surface area (TPSA) is 175 Å². The molecule has 5 atom stereocenters. The average molecular weight is 751 g/mol. The molecule has 2 aromatic carbocycles. The number of aliphatic hydroxyl groups is 1. The van der Waals surface area contributed by atoms with Gasteiger partial charge in [-0.2, -0.15) is 0 Å². The van der Waals surface area contributed by atoms with Crippen molar-refractivity contribution in [2.75, 3.05) is 7.05 Å². The molecule has 0 radical (unpaired) electrons. The van der Waals surface area contributed by atoms with E-state index in [1.54, 1.807) is 46.1 Å². The number of halogens is 1. The van der Waals surface area contributed by atoms with Gasteiger partial charge in [0.1, 0.15) is 17.7 Å². The van der Waals surface area contributed by atoms with Crippen LogP contribution in [0, 0.1) is 11.8 Å². The van der Waals surface area contributed by atoms with Crippen LogP contribution in [0.4, 0.5) is 4.79 Å². The number of nitrogens with zero attached hydrogens (tertiary/aromatic N) is 1. The van der Waals surface area contributed by atoms with Crippen LogP contribution >= 0.6 is 11.6 Å². The number of aromatic amines is 1. The lowest BCUT2D eigenvalue weighted by Crippen LogP contribution is -2.58. The van der Waals surface area contributed by atoms with Crippen LogP contribution in [0.2, 0.25) is 5.02 Å². The number of benzene rings is 2. The van der Waals surface area contributed by atoms with Gasteiger partial charge in [0.15, 0.2) is 0 Å². The van der Waals surface area contributed by atoms with Crippen LogP contribution in [-0.2, 0) is 38.4 Å². The molecule has 0 saturated heterocycles. The SMILES string of the molecule is CNC(=O)C(Cc1cccc(Cl)c1)CC(O)[C@H](CC1CCCCC1)NC(=O)[C@H](Cc1cnc[nH]1)NC(=O)[C@H](Cc1ccccc1)NC(=O)OC(C)(C)C. The molecule has 0 bridgehead atoms. The maximum absolute atomic E-state index is 14.3. The highest BCUT2D eigenvalue weighted by molar-refractivity contribution is 6.30. The zero-order chi connectivity index (χ0) is 38.4. The molecule has 1 heterocycles. The van der Waals surface area contributed by atoms with Crippen molar-refractivity contribution in [3.05, 3.63) is 89.0 Å². The van der Waals surface area contributed by atoms with Gasteiger partial charge in [-0.15, -0.1) is 0 Å². The largest absolute Gasteiger partial charge is 0.444 e. The standard InChI is InChI=1S/C40H55ClN6O6/c1-40(2,3)53-39(52)47-33(21-27-14-9-6-10-15-27)37(50)46-34(23-31-24-43-25-44-31)38(51)45-32(20-26-12-7-5-8-13-26)35(48)22-29(36(49)42-4)18-28-16-11-17-30(41)19-28/h6,9-11,14-17,19,24-26,29,32-35,48H,5,7-8,12-13,18,20-23H2,1-4H3,(H,42,49)(H,43,44)(H,45,51)(H,46,50)(H,47,52)/t29?,32-,33-,34-,35?/m0/s1. The molecule has 3 aromatic rings. The molecular weight excluding hydrogens is 696 g/mol. The van der Waals surface area contributed by atoms with Gasteiger partial charge in [0, 0.05) is 42.7 Å². The molecular formula is C40H55ClN6O6. The predicted molar refractivity (Wildman–Crippen MR) is 204 cm³/mol. The number of carbonyl (C=O) groups is 4. The number of aromatic nitrogens is 2. The van der Waals surface area contributed by atoms with Gasteiger partial charge in [-0.1, -0.05) is 86.2 Å². The number of hydrogen-bond acceptors (Lipinski definition) is 7. The lowest BCUT2D eigenvalue weighted by Gasteiger charge is -2.33. The van der Waals surface area contributed by atoms with Crippen molar-refractivity contribution in [1.82, 2.24) is 31.2 Å². The number of alkyl carbamates (subject to hydrolysis) is 1. The molecule has 12 nitrogen and oxygen atoms in total. The Kier molecular flexibility index (Phi) is 15.7. The van der Waals surface area contributed by atoms with Crippen LogP contribution in [-0.4, -0.2) is 75.8 Å². The maximum Gasteiger partial charge on any atom is 0.408 e. The fourth-order valence-corrected chi connectivity index (χ4v) is 7.09. The normalized spacial score (nSPS) is 16.3. The van der Waals surface area contributed by atoms with Crippen LogP contribution in [0.25, 0.3) is 0 Å². The maximum atomic E-state index is 14.3. The van der Waals surface area contributed by atoms with Gasteiger partial charge in [-0.3, -0.25) is 14.4 Å². The Morgan fingerprint density at radius 1 is 0.887 bits per heavy atom. The molecule has 1 aromatic heterocycles. The van der Waals surface area contributed by atoms with E-state index in [0.29, 0.717) is 23.6 Å². The van der Waals surface area contributed by atoms with Crippen molar-refractivity contribution < 1.29 is 29.0 Å². The predicted octanol–water partition coefficient (Wildman–Crippen LogP) is 5.04. The van der Waals surface area contributed by atoms with Crippen LogP contribution in [0.3, 0.4) is 0 Å². The van der Waals surface area contributed by atoms with Gasteiger partial charge in [0.05, 0.1) is 18.5 Å². The number of carbonyl (C=O) groups excluding carboxylic acids is 4. The van der Waals surface area contributed by atoms with Crippen molar-refractivity contribution in [1.29, 1.82) is 0 Å². The average Bonchev–Trinajstić information content (AvgIpc) is 3.63. The van der Waals surface area contributed by atoms with E-state index >= 15 is 0 Å². The first-order chi connectivity index (χ1) is 25.3. The van der Waals surface area contributed by atoms with Crippen molar-refractivity contribution in [3.63, 3.8) is 0 Å². The molecule has 1 aliphatic carbocycles. The Labute approximate surface area is 317 Å². The summed E-state index contributed by atoms with van der Waals surface area (Å²) in [5.41, 5.74) is 1.48. The quantitative estimate of drug-likeness (QED) is 0.112. The molecule has 13 heteroatoms. The molecule has 4 rings (SSSR count). The highest BCUT2D eigenvalue weighted by Crippen LogP contribution is 2.29. The Hall–Kier alpha value is -4.42. The monoisotopic (exact) mass is 750 g/mol. The third-order valence-corrected chi connectivity index (χ3v) is 9.76. The minimum atomic E-state index is -1.09. The van der Waals surface area contributed by atoms with Gasteiger partial charge >= 0.3 is 6.09 Å². The first kappa shape index (κ1) is 41.3. The van der Waals surface area contributed by atoms with Crippen molar-refractivity contribution in [3.8, 4) is 0 Å². The summed E-state index contributed by atoms with van der Waals surface area (Å²) < 4.78 is 5.46. The minimum absolute atomic E-state index is 0.0734. The highest BCUT2D eigenvalue weighted by Gasteiger charge is 2.34. The van der Waals surface area contributed by atoms with E-state index in [1.807, 2.05) is 42.5 Å². The molecule has 4 amide bonds. The number of amides is 4. The number of nitrogens with one attached hydrogen (secondary N) is 5.